The molecule has 5 nitrogen and oxygen atoms in total. The number of hydrogen-bond donors (Lipinski definition) is 0. The van der Waals surface area contributed by atoms with E-state index in [1.54, 1.807) is 0 Å². The van der Waals surface area contributed by atoms with Crippen molar-refractivity contribution in [3.05, 3.63) is 0 Å². The van der Waals surface area contributed by atoms with E-state index in [2.05, 4.69) is 32.0 Å². The summed E-state index contributed by atoms with van der Waals surface area (Å²) in [4.78, 5) is 0. The molecular formula is C31H67NO4S. The van der Waals surface area contributed by atoms with E-state index in [9.17, 15) is 13.0 Å². The van der Waals surface area contributed by atoms with Gasteiger partial charge in [0, 0.05) is 0 Å². The standard InChI is InChI=1S/C29H62N.C2H6O4S/c1-5-8-9-10-11-12-13-14-15-16-17-18-19-20-21-22-23-24-25-26-27-29-30(4,7-3)28-6-2;1-2-6-7(3,4)5/h5-29H2,1-4H3;2H2,1H3,(H,3,4,5)/q+1;/p-1. The molecule has 0 aliphatic rings. The van der Waals surface area contributed by atoms with Crippen LogP contribution in [0.4, 0.5) is 0 Å². The number of unbranched alkanes of at least 4 members (excludes halogenated alkanes) is 20. The molecule has 0 saturated heterocycles. The Morgan fingerprint density at radius 1 is 0.514 bits per heavy atom. The summed E-state index contributed by atoms with van der Waals surface area (Å²) in [6.45, 7) is 12.4. The Bertz CT molecular complexity index is 541. The van der Waals surface area contributed by atoms with Crippen molar-refractivity contribution in [3.8, 4) is 0 Å². The predicted molar refractivity (Wildman–Crippen MR) is 161 cm³/mol. The van der Waals surface area contributed by atoms with Gasteiger partial charge in [0.1, 0.15) is 0 Å². The molecule has 0 aromatic carbocycles. The molecular weight excluding hydrogens is 482 g/mol. The third-order valence-electron chi connectivity index (χ3n) is 7.59. The highest BCUT2D eigenvalue weighted by molar-refractivity contribution is 7.80. The number of hydrogen-bond acceptors (Lipinski definition) is 4. The first-order chi connectivity index (χ1) is 17.7. The van der Waals surface area contributed by atoms with Crippen molar-refractivity contribution >= 4 is 10.4 Å². The summed E-state index contributed by atoms with van der Waals surface area (Å²) in [7, 11) is -1.98. The molecule has 37 heavy (non-hydrogen) atoms. The Labute approximate surface area is 234 Å². The lowest BCUT2D eigenvalue weighted by molar-refractivity contribution is -0.908. The zero-order valence-electron chi connectivity index (χ0n) is 25.9. The minimum atomic E-state index is -4.42. The molecule has 0 aliphatic carbocycles. The van der Waals surface area contributed by atoms with Crippen LogP contribution in [0.2, 0.25) is 0 Å². The Hall–Kier alpha value is -0.170. The molecule has 0 amide bonds. The average molecular weight is 550 g/mol. The second-order valence-corrected chi connectivity index (χ2v) is 12.3. The lowest BCUT2D eigenvalue weighted by Crippen LogP contribution is -2.45. The molecule has 0 rings (SSSR count). The van der Waals surface area contributed by atoms with Gasteiger partial charge < -0.3 is 9.04 Å². The van der Waals surface area contributed by atoms with Crippen LogP contribution >= 0.6 is 0 Å². The van der Waals surface area contributed by atoms with Gasteiger partial charge >= 0.3 is 0 Å². The molecule has 0 N–H and O–H groups in total. The molecule has 0 fully saturated rings. The third kappa shape index (κ3) is 33.8. The molecule has 0 bridgehead atoms. The lowest BCUT2D eigenvalue weighted by Gasteiger charge is -2.33. The number of rotatable bonds is 27. The van der Waals surface area contributed by atoms with Crippen LogP contribution in [0.3, 0.4) is 0 Å². The minimum absolute atomic E-state index is 0.0914. The second-order valence-electron chi connectivity index (χ2n) is 11.3. The van der Waals surface area contributed by atoms with Crippen molar-refractivity contribution in [3.63, 3.8) is 0 Å². The van der Waals surface area contributed by atoms with Crippen LogP contribution in [0.5, 0.6) is 0 Å². The van der Waals surface area contributed by atoms with Gasteiger partial charge in [0.05, 0.1) is 33.3 Å². The van der Waals surface area contributed by atoms with E-state index in [0.29, 0.717) is 0 Å². The fraction of sp³-hybridized carbons (Fsp3) is 1.00. The summed E-state index contributed by atoms with van der Waals surface area (Å²) in [5, 5.41) is 0. The zero-order valence-corrected chi connectivity index (χ0v) is 26.7. The van der Waals surface area contributed by atoms with Crippen molar-refractivity contribution in [2.75, 3.05) is 33.3 Å². The molecule has 1 unspecified atom stereocenters. The summed E-state index contributed by atoms with van der Waals surface area (Å²) in [6, 6.07) is 0. The first-order valence-electron chi connectivity index (χ1n) is 16.2. The number of quaternary nitrogens is 1. The minimum Gasteiger partial charge on any atom is -0.726 e. The summed E-state index contributed by atoms with van der Waals surface area (Å²) >= 11 is 0. The molecule has 0 spiro atoms. The summed E-state index contributed by atoms with van der Waals surface area (Å²) in [6.07, 6.45) is 32.2. The van der Waals surface area contributed by atoms with Crippen LogP contribution in [0.15, 0.2) is 0 Å². The maximum atomic E-state index is 9.45. The first kappa shape index (κ1) is 39.0. The van der Waals surface area contributed by atoms with E-state index >= 15 is 0 Å². The maximum Gasteiger partial charge on any atom is 0.217 e. The fourth-order valence-corrected chi connectivity index (χ4v) is 5.33. The average Bonchev–Trinajstić information content (AvgIpc) is 2.85. The third-order valence-corrected chi connectivity index (χ3v) is 8.11. The Morgan fingerprint density at radius 2 is 0.838 bits per heavy atom. The molecule has 226 valence electrons. The van der Waals surface area contributed by atoms with E-state index in [-0.39, 0.29) is 6.61 Å². The highest BCUT2D eigenvalue weighted by atomic mass is 32.3. The quantitative estimate of drug-likeness (QED) is 0.0443. The molecule has 0 aromatic heterocycles. The van der Waals surface area contributed by atoms with E-state index < -0.39 is 10.4 Å². The van der Waals surface area contributed by atoms with Crippen molar-refractivity contribution in [1.82, 2.24) is 0 Å². The van der Waals surface area contributed by atoms with E-state index in [1.165, 1.54) is 172 Å². The highest BCUT2D eigenvalue weighted by Gasteiger charge is 2.16. The topological polar surface area (TPSA) is 66.4 Å². The Morgan fingerprint density at radius 3 is 1.05 bits per heavy atom. The normalized spacial score (nSPS) is 13.2. The predicted octanol–water partition coefficient (Wildman–Crippen LogP) is 9.56. The van der Waals surface area contributed by atoms with Crippen molar-refractivity contribution < 1.29 is 21.6 Å². The van der Waals surface area contributed by atoms with E-state index in [4.69, 9.17) is 0 Å². The van der Waals surface area contributed by atoms with E-state index in [1.807, 2.05) is 0 Å². The van der Waals surface area contributed by atoms with Gasteiger partial charge in [-0.1, -0.05) is 136 Å². The van der Waals surface area contributed by atoms with Crippen LogP contribution in [0, 0.1) is 0 Å². The molecule has 0 saturated carbocycles. The van der Waals surface area contributed by atoms with Crippen LogP contribution in [0.1, 0.15) is 169 Å². The molecule has 0 aliphatic heterocycles. The van der Waals surface area contributed by atoms with E-state index in [0.717, 1.165) is 0 Å². The van der Waals surface area contributed by atoms with Gasteiger partial charge in [0.15, 0.2) is 0 Å². The van der Waals surface area contributed by atoms with Crippen LogP contribution in [-0.2, 0) is 14.6 Å². The molecule has 0 heterocycles. The molecule has 0 radical (unpaired) electrons. The Kier molecular flexibility index (Phi) is 30.4. The van der Waals surface area contributed by atoms with Gasteiger partial charge in [-0.05, 0) is 33.1 Å². The van der Waals surface area contributed by atoms with Crippen LogP contribution in [-0.4, -0.2) is 50.7 Å². The lowest BCUT2D eigenvalue weighted by atomic mass is 10.0. The highest BCUT2D eigenvalue weighted by Crippen LogP contribution is 2.15. The SMILES string of the molecule is CCCCCCCCCCCCCCCCCCCCCCC[N+](C)(CC)CCC.CCOS(=O)(=O)[O-]. The van der Waals surface area contributed by atoms with Crippen LogP contribution < -0.4 is 0 Å². The van der Waals surface area contributed by atoms with Gasteiger partial charge in [0.2, 0.25) is 10.4 Å². The summed E-state index contributed by atoms with van der Waals surface area (Å²) in [5.41, 5.74) is 0. The summed E-state index contributed by atoms with van der Waals surface area (Å²) < 4.78 is 33.3. The summed E-state index contributed by atoms with van der Waals surface area (Å²) in [5.74, 6) is 0. The van der Waals surface area contributed by atoms with Crippen molar-refractivity contribution in [1.29, 1.82) is 0 Å². The monoisotopic (exact) mass is 549 g/mol. The Balaban J connectivity index is 0. The smallest absolute Gasteiger partial charge is 0.217 e. The van der Waals surface area contributed by atoms with Gasteiger partial charge in [-0.15, -0.1) is 0 Å². The van der Waals surface area contributed by atoms with Crippen molar-refractivity contribution in [2.24, 2.45) is 0 Å². The van der Waals surface area contributed by atoms with Crippen molar-refractivity contribution in [2.45, 2.75) is 169 Å². The molecule has 6 heteroatoms. The van der Waals surface area contributed by atoms with Gasteiger partial charge in [-0.3, -0.25) is 4.18 Å². The van der Waals surface area contributed by atoms with Gasteiger partial charge in [-0.2, -0.15) is 0 Å². The van der Waals surface area contributed by atoms with Crippen LogP contribution in [0.25, 0.3) is 0 Å². The second kappa shape index (κ2) is 28.8. The number of nitrogens with zero attached hydrogens (tertiary/aromatic N) is 1. The largest absolute Gasteiger partial charge is 0.726 e. The molecule has 1 atom stereocenters. The molecule has 0 aromatic rings. The van der Waals surface area contributed by atoms with Gasteiger partial charge in [0.25, 0.3) is 0 Å². The van der Waals surface area contributed by atoms with Gasteiger partial charge in [-0.25, -0.2) is 8.42 Å². The first-order valence-corrected chi connectivity index (χ1v) is 17.5. The zero-order chi connectivity index (χ0) is 28.1. The maximum absolute atomic E-state index is 9.45. The fourth-order valence-electron chi connectivity index (χ4n) is 5.04.